The number of nitrogens with one attached hydrogen (secondary N) is 1. The summed E-state index contributed by atoms with van der Waals surface area (Å²) in [6.07, 6.45) is 2.41. The van der Waals surface area contributed by atoms with Crippen molar-refractivity contribution in [3.05, 3.63) is 0 Å². The SMILES string of the molecule is CCCC[N+](=NC)NC. The molecule has 0 radical (unpaired) electrons. The molecule has 0 aromatic carbocycles. The van der Waals surface area contributed by atoms with Crippen LogP contribution in [-0.4, -0.2) is 25.4 Å². The summed E-state index contributed by atoms with van der Waals surface area (Å²) < 4.78 is 0. The highest BCUT2D eigenvalue weighted by molar-refractivity contribution is 4.25. The summed E-state index contributed by atoms with van der Waals surface area (Å²) in [7, 11) is 3.66. The summed E-state index contributed by atoms with van der Waals surface area (Å²) in [6.45, 7) is 3.17. The maximum atomic E-state index is 3.97. The van der Waals surface area contributed by atoms with E-state index in [9.17, 15) is 0 Å². The molecule has 0 unspecified atom stereocenters. The van der Waals surface area contributed by atoms with Crippen LogP contribution in [0.25, 0.3) is 0 Å². The Morgan fingerprint density at radius 2 is 2.22 bits per heavy atom. The third-order valence-corrected chi connectivity index (χ3v) is 1.22. The first-order chi connectivity index (χ1) is 4.35. The van der Waals surface area contributed by atoms with Crippen LogP contribution in [0.4, 0.5) is 0 Å². The van der Waals surface area contributed by atoms with Crippen LogP contribution in [0.5, 0.6) is 0 Å². The first kappa shape index (κ1) is 8.40. The van der Waals surface area contributed by atoms with E-state index >= 15 is 0 Å². The van der Waals surface area contributed by atoms with E-state index in [1.165, 1.54) is 12.8 Å². The van der Waals surface area contributed by atoms with Gasteiger partial charge >= 0.3 is 0 Å². The van der Waals surface area contributed by atoms with Gasteiger partial charge < -0.3 is 0 Å². The Labute approximate surface area is 56.7 Å². The summed E-state index contributed by atoms with van der Waals surface area (Å²) in [5.41, 5.74) is 2.95. The zero-order valence-electron chi connectivity index (χ0n) is 6.52. The molecule has 0 aromatic rings. The predicted octanol–water partition coefficient (Wildman–Crippen LogP) is 1.02. The smallest absolute Gasteiger partial charge is 0.177 e. The summed E-state index contributed by atoms with van der Waals surface area (Å²) >= 11 is 0. The fraction of sp³-hybridized carbons (Fsp3) is 1.00. The van der Waals surface area contributed by atoms with Gasteiger partial charge in [-0.3, -0.25) is 0 Å². The van der Waals surface area contributed by atoms with Crippen LogP contribution >= 0.6 is 0 Å². The molecule has 0 amide bonds. The average molecular weight is 130 g/mol. The molecule has 0 aliphatic rings. The average Bonchev–Trinajstić information content (AvgIpc) is 1.91. The molecule has 0 heterocycles. The van der Waals surface area contributed by atoms with Crippen LogP contribution in [0.15, 0.2) is 5.11 Å². The molecule has 0 rings (SSSR count). The van der Waals surface area contributed by atoms with Gasteiger partial charge in [0.2, 0.25) is 0 Å². The lowest BCUT2D eigenvalue weighted by Crippen LogP contribution is -2.23. The van der Waals surface area contributed by atoms with Crippen molar-refractivity contribution in [2.45, 2.75) is 19.8 Å². The molecule has 54 valence electrons. The van der Waals surface area contributed by atoms with Crippen LogP contribution in [0, 0.1) is 0 Å². The van der Waals surface area contributed by atoms with Crippen LogP contribution in [0.2, 0.25) is 0 Å². The van der Waals surface area contributed by atoms with Crippen molar-refractivity contribution in [2.75, 3.05) is 20.6 Å². The van der Waals surface area contributed by atoms with Crippen molar-refractivity contribution in [2.24, 2.45) is 5.11 Å². The van der Waals surface area contributed by atoms with E-state index in [0.717, 1.165) is 6.54 Å². The zero-order chi connectivity index (χ0) is 7.11. The molecule has 0 spiro atoms. The van der Waals surface area contributed by atoms with Crippen LogP contribution in [-0.2, 0) is 0 Å². The maximum Gasteiger partial charge on any atom is 0.199 e. The molecule has 0 saturated carbocycles. The number of hydrogen-bond donors (Lipinski definition) is 1. The number of hydrogen-bond acceptors (Lipinski definition) is 1. The highest BCUT2D eigenvalue weighted by Crippen LogP contribution is 1.85. The number of rotatable bonds is 4. The molecule has 1 N–H and O–H groups in total. The van der Waals surface area contributed by atoms with Crippen molar-refractivity contribution in [3.63, 3.8) is 0 Å². The van der Waals surface area contributed by atoms with Crippen molar-refractivity contribution in [1.29, 1.82) is 0 Å². The minimum atomic E-state index is 1.00. The standard InChI is InChI=1S/C6H16N3/c1-4-5-6-9(7-2)8-3/h4-6H2,1-3H3,(H,7,8)/q+1. The van der Waals surface area contributed by atoms with Gasteiger partial charge in [-0.15, -0.1) is 0 Å². The third-order valence-electron chi connectivity index (χ3n) is 1.22. The summed E-state index contributed by atoms with van der Waals surface area (Å²) in [4.78, 5) is 1.84. The van der Waals surface area contributed by atoms with Crippen molar-refractivity contribution in [1.82, 2.24) is 5.43 Å². The van der Waals surface area contributed by atoms with E-state index in [1.54, 1.807) is 7.05 Å². The quantitative estimate of drug-likeness (QED) is 0.343. The van der Waals surface area contributed by atoms with Gasteiger partial charge in [0.25, 0.3) is 0 Å². The first-order valence-corrected chi connectivity index (χ1v) is 3.39. The number of unbranched alkanes of at least 4 members (excludes halogenated alkanes) is 1. The molecular weight excluding hydrogens is 114 g/mol. The molecule has 0 aromatic heterocycles. The molecule has 0 aliphatic heterocycles. The molecule has 0 saturated heterocycles. The second kappa shape index (κ2) is 5.54. The van der Waals surface area contributed by atoms with E-state index in [1.807, 2.05) is 11.9 Å². The Kier molecular flexibility index (Phi) is 5.17. The Balaban J connectivity index is 3.33. The Hall–Kier alpha value is -0.600. The summed E-state index contributed by atoms with van der Waals surface area (Å²) in [5, 5.41) is 3.97. The lowest BCUT2D eigenvalue weighted by molar-refractivity contribution is -0.644. The third kappa shape index (κ3) is 3.94. The van der Waals surface area contributed by atoms with Crippen LogP contribution in [0.1, 0.15) is 19.8 Å². The Morgan fingerprint density at radius 3 is 2.56 bits per heavy atom. The summed E-state index contributed by atoms with van der Waals surface area (Å²) in [5.74, 6) is 0. The van der Waals surface area contributed by atoms with Gasteiger partial charge in [0.15, 0.2) is 6.54 Å². The largest absolute Gasteiger partial charge is 0.199 e. The molecule has 3 heteroatoms. The second-order valence-corrected chi connectivity index (χ2v) is 1.90. The maximum absolute atomic E-state index is 3.97. The van der Waals surface area contributed by atoms with Crippen molar-refractivity contribution < 1.29 is 4.81 Å². The van der Waals surface area contributed by atoms with E-state index in [4.69, 9.17) is 0 Å². The molecular formula is C6H16N3+. The molecule has 0 atom stereocenters. The van der Waals surface area contributed by atoms with Gasteiger partial charge in [0, 0.05) is 6.42 Å². The minimum Gasteiger partial charge on any atom is -0.177 e. The minimum absolute atomic E-state index is 1.00. The highest BCUT2D eigenvalue weighted by atomic mass is 15.5. The normalized spacial score (nSPS) is 11.7. The molecule has 3 nitrogen and oxygen atoms in total. The van der Waals surface area contributed by atoms with Gasteiger partial charge in [-0.05, 0) is 16.3 Å². The van der Waals surface area contributed by atoms with E-state index < -0.39 is 0 Å². The fourth-order valence-electron chi connectivity index (χ4n) is 0.620. The summed E-state index contributed by atoms with van der Waals surface area (Å²) in [6, 6.07) is 0. The van der Waals surface area contributed by atoms with Crippen molar-refractivity contribution >= 4 is 0 Å². The van der Waals surface area contributed by atoms with Gasteiger partial charge in [-0.25, -0.2) is 0 Å². The number of nitrogens with zero attached hydrogens (tertiary/aromatic N) is 2. The van der Waals surface area contributed by atoms with Gasteiger partial charge in [0.1, 0.15) is 0 Å². The van der Waals surface area contributed by atoms with E-state index in [0.29, 0.717) is 0 Å². The molecule has 9 heavy (non-hydrogen) atoms. The first-order valence-electron chi connectivity index (χ1n) is 3.39. The molecule has 0 fully saturated rings. The topological polar surface area (TPSA) is 27.4 Å². The number of hydrazine groups is 1. The number of azo groups is 1. The second-order valence-electron chi connectivity index (χ2n) is 1.90. The van der Waals surface area contributed by atoms with Crippen molar-refractivity contribution in [3.8, 4) is 0 Å². The monoisotopic (exact) mass is 130 g/mol. The predicted molar refractivity (Wildman–Crippen MR) is 37.4 cm³/mol. The van der Waals surface area contributed by atoms with E-state index in [2.05, 4.69) is 17.5 Å². The van der Waals surface area contributed by atoms with Gasteiger partial charge in [0.05, 0.1) is 14.1 Å². The zero-order valence-corrected chi connectivity index (χ0v) is 6.52. The van der Waals surface area contributed by atoms with E-state index in [-0.39, 0.29) is 0 Å². The fourth-order valence-corrected chi connectivity index (χ4v) is 0.620. The highest BCUT2D eigenvalue weighted by Gasteiger charge is 1.97. The van der Waals surface area contributed by atoms with Crippen LogP contribution < -0.4 is 5.43 Å². The molecule has 0 bridgehead atoms. The van der Waals surface area contributed by atoms with Crippen LogP contribution in [0.3, 0.4) is 0 Å². The van der Waals surface area contributed by atoms with Gasteiger partial charge in [-0.2, -0.15) is 5.43 Å². The molecule has 0 aliphatic carbocycles. The Morgan fingerprint density at radius 1 is 1.56 bits per heavy atom. The Bertz CT molecular complexity index is 88.3. The lowest BCUT2D eigenvalue weighted by atomic mass is 10.3. The lowest BCUT2D eigenvalue weighted by Gasteiger charge is -1.93. The van der Waals surface area contributed by atoms with Gasteiger partial charge in [-0.1, -0.05) is 6.92 Å².